The lowest BCUT2D eigenvalue weighted by molar-refractivity contribution is -0.141. The summed E-state index contributed by atoms with van der Waals surface area (Å²) in [6, 6.07) is -0.407. The van der Waals surface area contributed by atoms with Crippen molar-refractivity contribution in [1.29, 1.82) is 0 Å². The Morgan fingerprint density at radius 3 is 2.50 bits per heavy atom. The molecule has 4 amide bonds. The third-order valence-corrected chi connectivity index (χ3v) is 7.61. The molecule has 0 aromatic heterocycles. The third kappa shape index (κ3) is 3.78. The Hall–Kier alpha value is -1.63. The van der Waals surface area contributed by atoms with Gasteiger partial charge in [0, 0.05) is 19.1 Å². The largest absolute Gasteiger partial charge is 0.337 e. The van der Waals surface area contributed by atoms with Gasteiger partial charge in [-0.3, -0.25) is 14.5 Å². The van der Waals surface area contributed by atoms with E-state index in [0.29, 0.717) is 31.8 Å². The van der Waals surface area contributed by atoms with E-state index in [1.807, 2.05) is 0 Å². The summed E-state index contributed by atoms with van der Waals surface area (Å²) in [7, 11) is 0. The van der Waals surface area contributed by atoms with Gasteiger partial charge in [0.2, 0.25) is 5.91 Å². The monoisotopic (exact) mass is 392 g/mol. The number of urea groups is 1. The first-order valence-electron chi connectivity index (χ1n) is 10.9. The molecule has 1 saturated carbocycles. The molecule has 158 valence electrons. The van der Waals surface area contributed by atoms with Crippen LogP contribution < -0.4 is 11.1 Å². The van der Waals surface area contributed by atoms with Crippen LogP contribution in [0.25, 0.3) is 0 Å². The van der Waals surface area contributed by atoms with Crippen LogP contribution in [0.2, 0.25) is 0 Å². The second kappa shape index (κ2) is 8.01. The zero-order valence-corrected chi connectivity index (χ0v) is 17.6. The van der Waals surface area contributed by atoms with Crippen molar-refractivity contribution < 1.29 is 14.4 Å². The molecule has 0 radical (unpaired) electrons. The van der Waals surface area contributed by atoms with Crippen LogP contribution in [0.4, 0.5) is 4.79 Å². The lowest BCUT2D eigenvalue weighted by Crippen LogP contribution is -2.53. The Morgan fingerprint density at radius 1 is 1.21 bits per heavy atom. The molecule has 3 fully saturated rings. The number of nitrogens with two attached hydrogens (primary N) is 1. The van der Waals surface area contributed by atoms with E-state index in [4.69, 9.17) is 5.73 Å². The zero-order chi connectivity index (χ0) is 20.5. The van der Waals surface area contributed by atoms with Crippen molar-refractivity contribution in [2.24, 2.45) is 17.1 Å². The summed E-state index contributed by atoms with van der Waals surface area (Å²) >= 11 is 0. The van der Waals surface area contributed by atoms with Crippen molar-refractivity contribution in [1.82, 2.24) is 15.1 Å². The fourth-order valence-electron chi connectivity index (χ4n) is 5.14. The van der Waals surface area contributed by atoms with Crippen LogP contribution in [-0.4, -0.2) is 58.9 Å². The highest BCUT2D eigenvalue weighted by atomic mass is 16.2. The van der Waals surface area contributed by atoms with E-state index in [0.717, 1.165) is 43.4 Å². The maximum absolute atomic E-state index is 13.1. The number of amides is 4. The molecule has 0 aromatic rings. The molecule has 1 atom stereocenters. The summed E-state index contributed by atoms with van der Waals surface area (Å²) in [5.74, 6) is 0.165. The first-order chi connectivity index (χ1) is 13.2. The van der Waals surface area contributed by atoms with Gasteiger partial charge in [-0.15, -0.1) is 0 Å². The lowest BCUT2D eigenvalue weighted by Gasteiger charge is -2.42. The van der Waals surface area contributed by atoms with E-state index in [-0.39, 0.29) is 29.8 Å². The number of imide groups is 1. The number of carbonyl (C=O) groups is 3. The quantitative estimate of drug-likeness (QED) is 0.702. The predicted molar refractivity (Wildman–Crippen MR) is 107 cm³/mol. The Balaban J connectivity index is 1.65. The van der Waals surface area contributed by atoms with Crippen LogP contribution in [0.1, 0.15) is 72.1 Å². The summed E-state index contributed by atoms with van der Waals surface area (Å²) in [5.41, 5.74) is 5.24. The third-order valence-electron chi connectivity index (χ3n) is 7.61. The standard InChI is InChI=1S/C21H36N4O3/c1-4-20(2,3)15-8-10-21(11-9-15)18(27)25(19(28)23-21)14-17(26)24-12-6-5-7-16(24)13-22/h15-16H,4-14,22H2,1-3H3,(H,23,28). The van der Waals surface area contributed by atoms with Crippen LogP contribution in [0, 0.1) is 11.3 Å². The molecular weight excluding hydrogens is 356 g/mol. The highest BCUT2D eigenvalue weighted by molar-refractivity contribution is 6.09. The van der Waals surface area contributed by atoms with Crippen LogP contribution >= 0.6 is 0 Å². The van der Waals surface area contributed by atoms with E-state index in [1.165, 1.54) is 0 Å². The fourth-order valence-corrected chi connectivity index (χ4v) is 5.14. The zero-order valence-electron chi connectivity index (χ0n) is 17.6. The molecule has 1 aliphatic carbocycles. The van der Waals surface area contributed by atoms with Crippen LogP contribution in [0.3, 0.4) is 0 Å². The molecule has 3 N–H and O–H groups in total. The molecular formula is C21H36N4O3. The Labute approximate surface area is 168 Å². The van der Waals surface area contributed by atoms with Crippen LogP contribution in [0.15, 0.2) is 0 Å². The number of hydrogen-bond acceptors (Lipinski definition) is 4. The van der Waals surface area contributed by atoms with Gasteiger partial charge in [0.05, 0.1) is 0 Å². The molecule has 1 spiro atoms. The lowest BCUT2D eigenvalue weighted by atomic mass is 9.65. The topological polar surface area (TPSA) is 95.7 Å². The van der Waals surface area contributed by atoms with Crippen LogP contribution in [0.5, 0.6) is 0 Å². The highest BCUT2D eigenvalue weighted by Gasteiger charge is 2.54. The minimum absolute atomic E-state index is 0.0164. The minimum atomic E-state index is -0.813. The Kier molecular flexibility index (Phi) is 6.03. The number of nitrogens with zero attached hydrogens (tertiary/aromatic N) is 2. The molecule has 3 rings (SSSR count). The predicted octanol–water partition coefficient (Wildman–Crippen LogP) is 2.24. The van der Waals surface area contributed by atoms with E-state index < -0.39 is 11.6 Å². The molecule has 7 nitrogen and oxygen atoms in total. The van der Waals surface area contributed by atoms with Gasteiger partial charge in [0.1, 0.15) is 12.1 Å². The smallest absolute Gasteiger partial charge is 0.325 e. The molecule has 2 saturated heterocycles. The van der Waals surface area contributed by atoms with E-state index in [2.05, 4.69) is 26.1 Å². The van der Waals surface area contributed by atoms with Crippen molar-refractivity contribution in [3.05, 3.63) is 0 Å². The maximum Gasteiger partial charge on any atom is 0.325 e. The summed E-state index contributed by atoms with van der Waals surface area (Å²) in [6.45, 7) is 7.67. The number of piperidine rings is 1. The molecule has 0 bridgehead atoms. The first-order valence-corrected chi connectivity index (χ1v) is 10.9. The van der Waals surface area contributed by atoms with Crippen molar-refractivity contribution in [2.75, 3.05) is 19.6 Å². The number of nitrogens with one attached hydrogen (secondary N) is 1. The average Bonchev–Trinajstić information content (AvgIpc) is 2.92. The fraction of sp³-hybridized carbons (Fsp3) is 0.857. The SMILES string of the molecule is CCC(C)(C)C1CCC2(CC1)NC(=O)N(CC(=O)N1CCCCC1CN)C2=O. The second-order valence-corrected chi connectivity index (χ2v) is 9.49. The summed E-state index contributed by atoms with van der Waals surface area (Å²) < 4.78 is 0. The van der Waals surface area contributed by atoms with Gasteiger partial charge >= 0.3 is 6.03 Å². The average molecular weight is 393 g/mol. The minimum Gasteiger partial charge on any atom is -0.337 e. The van der Waals surface area contributed by atoms with E-state index in [9.17, 15) is 14.4 Å². The van der Waals surface area contributed by atoms with Gasteiger partial charge in [-0.2, -0.15) is 0 Å². The number of carbonyl (C=O) groups excluding carboxylic acids is 3. The molecule has 3 aliphatic rings. The number of rotatable bonds is 5. The highest BCUT2D eigenvalue weighted by Crippen LogP contribution is 2.45. The number of hydrogen-bond donors (Lipinski definition) is 2. The van der Waals surface area contributed by atoms with Gasteiger partial charge in [0.15, 0.2) is 0 Å². The summed E-state index contributed by atoms with van der Waals surface area (Å²) in [6.07, 6.45) is 7.17. The van der Waals surface area contributed by atoms with Crippen LogP contribution in [-0.2, 0) is 9.59 Å². The molecule has 2 aliphatic heterocycles. The Bertz CT molecular complexity index is 625. The maximum atomic E-state index is 13.1. The van der Waals surface area contributed by atoms with Crippen molar-refractivity contribution in [3.8, 4) is 0 Å². The molecule has 0 aromatic carbocycles. The normalized spacial score (nSPS) is 31.4. The van der Waals surface area contributed by atoms with Crippen molar-refractivity contribution >= 4 is 17.8 Å². The van der Waals surface area contributed by atoms with Crippen molar-refractivity contribution in [3.63, 3.8) is 0 Å². The second-order valence-electron chi connectivity index (χ2n) is 9.49. The first kappa shape index (κ1) is 21.1. The summed E-state index contributed by atoms with van der Waals surface area (Å²) in [4.78, 5) is 41.4. The van der Waals surface area contributed by atoms with Gasteiger partial charge in [0.25, 0.3) is 5.91 Å². The molecule has 7 heteroatoms. The molecule has 28 heavy (non-hydrogen) atoms. The van der Waals surface area contributed by atoms with E-state index in [1.54, 1.807) is 4.90 Å². The van der Waals surface area contributed by atoms with Gasteiger partial charge in [-0.25, -0.2) is 4.79 Å². The summed E-state index contributed by atoms with van der Waals surface area (Å²) in [5, 5.41) is 2.93. The van der Waals surface area contributed by atoms with Gasteiger partial charge < -0.3 is 16.0 Å². The van der Waals surface area contributed by atoms with Crippen molar-refractivity contribution in [2.45, 2.75) is 83.7 Å². The van der Waals surface area contributed by atoms with Gasteiger partial charge in [-0.1, -0.05) is 27.2 Å². The van der Waals surface area contributed by atoms with Gasteiger partial charge in [-0.05, 0) is 56.3 Å². The number of likely N-dealkylation sites (tertiary alicyclic amines) is 1. The Morgan fingerprint density at radius 2 is 1.89 bits per heavy atom. The molecule has 2 heterocycles. The molecule has 1 unspecified atom stereocenters. The van der Waals surface area contributed by atoms with E-state index >= 15 is 0 Å².